The molecule has 2 N–H and O–H groups in total. The number of halogens is 1. The molecule has 1 atom stereocenters. The first-order valence-corrected chi connectivity index (χ1v) is 8.89. The molecule has 4 nitrogen and oxygen atoms in total. The van der Waals surface area contributed by atoms with Crippen LogP contribution in [0.25, 0.3) is 0 Å². The van der Waals surface area contributed by atoms with Crippen molar-refractivity contribution in [1.29, 1.82) is 0 Å². The molecule has 1 heterocycles. The van der Waals surface area contributed by atoms with Gasteiger partial charge in [-0.2, -0.15) is 0 Å². The number of hydrogen-bond acceptors (Lipinski definition) is 4. The fourth-order valence-corrected chi connectivity index (χ4v) is 4.54. The summed E-state index contributed by atoms with van der Waals surface area (Å²) in [5, 5.41) is 0. The van der Waals surface area contributed by atoms with E-state index in [4.69, 9.17) is 18.0 Å². The average Bonchev–Trinajstić information content (AvgIpc) is 2.29. The summed E-state index contributed by atoms with van der Waals surface area (Å²) >= 11 is 8.44. The second-order valence-electron chi connectivity index (χ2n) is 4.69. The van der Waals surface area contributed by atoms with Gasteiger partial charge in [0, 0.05) is 22.6 Å². The summed E-state index contributed by atoms with van der Waals surface area (Å²) in [5.74, 6) is 0.386. The Morgan fingerprint density at radius 3 is 2.74 bits per heavy atom. The third-order valence-corrected chi connectivity index (χ3v) is 5.88. The maximum Gasteiger partial charge on any atom is 0.154 e. The summed E-state index contributed by atoms with van der Waals surface area (Å²) in [6.07, 6.45) is 0. The Kier molecular flexibility index (Phi) is 4.17. The second-order valence-corrected chi connectivity index (χ2v) is 8.21. The normalized spacial score (nSPS) is 22.2. The minimum absolute atomic E-state index is 0.0364. The summed E-state index contributed by atoms with van der Waals surface area (Å²) in [7, 11) is -2.91. The zero-order valence-electron chi connectivity index (χ0n) is 10.5. The second kappa shape index (κ2) is 5.38. The first-order chi connectivity index (χ1) is 8.80. The predicted octanol–water partition coefficient (Wildman–Crippen LogP) is 1.71. The first kappa shape index (κ1) is 14.7. The van der Waals surface area contributed by atoms with Gasteiger partial charge in [0.25, 0.3) is 0 Å². The fourth-order valence-electron chi connectivity index (χ4n) is 2.25. The highest BCUT2D eigenvalue weighted by Crippen LogP contribution is 2.30. The SMILES string of the molecule is CC1CS(=O)(=O)CCN1c1ccc(C(N)=S)cc1Br. The van der Waals surface area contributed by atoms with Crippen molar-refractivity contribution in [3.05, 3.63) is 28.2 Å². The Morgan fingerprint density at radius 1 is 1.53 bits per heavy atom. The van der Waals surface area contributed by atoms with Crippen molar-refractivity contribution in [2.75, 3.05) is 23.0 Å². The molecule has 0 spiro atoms. The summed E-state index contributed by atoms with van der Waals surface area (Å²) in [6.45, 7) is 2.43. The smallest absolute Gasteiger partial charge is 0.154 e. The molecule has 2 rings (SSSR count). The largest absolute Gasteiger partial charge is 0.389 e. The lowest BCUT2D eigenvalue weighted by molar-refractivity contribution is 0.568. The molecule has 1 unspecified atom stereocenters. The van der Waals surface area contributed by atoms with E-state index < -0.39 is 9.84 Å². The lowest BCUT2D eigenvalue weighted by atomic mass is 10.1. The summed E-state index contributed by atoms with van der Waals surface area (Å²) in [4.78, 5) is 2.44. The van der Waals surface area contributed by atoms with E-state index in [-0.39, 0.29) is 17.5 Å². The van der Waals surface area contributed by atoms with Gasteiger partial charge in [-0.05, 0) is 41.1 Å². The quantitative estimate of drug-likeness (QED) is 0.811. The topological polar surface area (TPSA) is 63.4 Å². The van der Waals surface area contributed by atoms with E-state index in [9.17, 15) is 8.42 Å². The Labute approximate surface area is 127 Å². The van der Waals surface area contributed by atoms with E-state index in [1.807, 2.05) is 25.1 Å². The van der Waals surface area contributed by atoms with E-state index in [1.165, 1.54) is 0 Å². The Hall–Kier alpha value is -0.660. The molecule has 1 aliphatic heterocycles. The molecule has 7 heteroatoms. The van der Waals surface area contributed by atoms with Crippen LogP contribution in [0.2, 0.25) is 0 Å². The van der Waals surface area contributed by atoms with Crippen LogP contribution < -0.4 is 10.6 Å². The van der Waals surface area contributed by atoms with Gasteiger partial charge in [-0.15, -0.1) is 0 Å². The van der Waals surface area contributed by atoms with Crippen LogP contribution in [0.1, 0.15) is 12.5 Å². The fraction of sp³-hybridized carbons (Fsp3) is 0.417. The monoisotopic (exact) mass is 362 g/mol. The molecule has 19 heavy (non-hydrogen) atoms. The number of anilines is 1. The number of sulfone groups is 1. The van der Waals surface area contributed by atoms with Crippen LogP contribution in [0.5, 0.6) is 0 Å². The van der Waals surface area contributed by atoms with Crippen molar-refractivity contribution in [3.63, 3.8) is 0 Å². The van der Waals surface area contributed by atoms with Gasteiger partial charge in [-0.25, -0.2) is 8.42 Å². The molecule has 1 fully saturated rings. The van der Waals surface area contributed by atoms with E-state index in [0.717, 1.165) is 15.7 Å². The average molecular weight is 363 g/mol. The van der Waals surface area contributed by atoms with Gasteiger partial charge < -0.3 is 10.6 Å². The lowest BCUT2D eigenvalue weighted by Crippen LogP contribution is -2.47. The number of benzene rings is 1. The van der Waals surface area contributed by atoms with Gasteiger partial charge in [0.15, 0.2) is 9.84 Å². The molecule has 1 aliphatic rings. The molecule has 0 bridgehead atoms. The summed E-state index contributed by atoms with van der Waals surface area (Å²) < 4.78 is 24.1. The molecule has 104 valence electrons. The Morgan fingerprint density at radius 2 is 2.21 bits per heavy atom. The molecule has 0 saturated carbocycles. The molecular formula is C12H15BrN2O2S2. The van der Waals surface area contributed by atoms with Gasteiger partial charge in [-0.1, -0.05) is 12.2 Å². The zero-order valence-corrected chi connectivity index (χ0v) is 13.7. The molecule has 1 saturated heterocycles. The van der Waals surface area contributed by atoms with Crippen molar-refractivity contribution >= 4 is 48.7 Å². The molecule has 0 amide bonds. The zero-order chi connectivity index (χ0) is 14.2. The van der Waals surface area contributed by atoms with E-state index in [1.54, 1.807) is 0 Å². The number of hydrogen-bond donors (Lipinski definition) is 1. The molecule has 1 aromatic carbocycles. The van der Waals surface area contributed by atoms with Crippen LogP contribution >= 0.6 is 28.1 Å². The van der Waals surface area contributed by atoms with Crippen LogP contribution in [0.15, 0.2) is 22.7 Å². The highest BCUT2D eigenvalue weighted by molar-refractivity contribution is 9.10. The Balaban J connectivity index is 2.30. The molecule has 0 radical (unpaired) electrons. The predicted molar refractivity (Wildman–Crippen MR) is 85.5 cm³/mol. The third kappa shape index (κ3) is 3.27. The molecular weight excluding hydrogens is 348 g/mol. The molecule has 1 aromatic rings. The van der Waals surface area contributed by atoms with Crippen molar-refractivity contribution in [2.45, 2.75) is 13.0 Å². The molecule has 0 aromatic heterocycles. The van der Waals surface area contributed by atoms with Gasteiger partial charge in [0.1, 0.15) is 4.99 Å². The van der Waals surface area contributed by atoms with E-state index >= 15 is 0 Å². The van der Waals surface area contributed by atoms with Crippen molar-refractivity contribution < 1.29 is 8.42 Å². The van der Waals surface area contributed by atoms with Crippen molar-refractivity contribution in [3.8, 4) is 0 Å². The van der Waals surface area contributed by atoms with Crippen molar-refractivity contribution in [1.82, 2.24) is 0 Å². The summed E-state index contributed by atoms with van der Waals surface area (Å²) in [5.41, 5.74) is 7.36. The highest BCUT2D eigenvalue weighted by atomic mass is 79.9. The van der Waals surface area contributed by atoms with E-state index in [0.29, 0.717) is 11.5 Å². The number of nitrogens with two attached hydrogens (primary N) is 1. The molecule has 0 aliphatic carbocycles. The van der Waals surface area contributed by atoms with Crippen LogP contribution in [-0.2, 0) is 9.84 Å². The van der Waals surface area contributed by atoms with Crippen LogP contribution in [-0.4, -0.2) is 37.5 Å². The number of nitrogens with zero attached hydrogens (tertiary/aromatic N) is 1. The van der Waals surface area contributed by atoms with Crippen molar-refractivity contribution in [2.24, 2.45) is 5.73 Å². The van der Waals surface area contributed by atoms with Crippen LogP contribution in [0.4, 0.5) is 5.69 Å². The summed E-state index contributed by atoms with van der Waals surface area (Å²) in [6, 6.07) is 5.62. The highest BCUT2D eigenvalue weighted by Gasteiger charge is 2.29. The lowest BCUT2D eigenvalue weighted by Gasteiger charge is -2.35. The first-order valence-electron chi connectivity index (χ1n) is 5.86. The minimum atomic E-state index is -2.91. The minimum Gasteiger partial charge on any atom is -0.389 e. The van der Waals surface area contributed by atoms with Crippen LogP contribution in [0.3, 0.4) is 0 Å². The standard InChI is InChI=1S/C12H15BrN2O2S2/c1-8-7-19(16,17)5-4-15(8)11-3-2-9(12(14)18)6-10(11)13/h2-3,6,8H,4-5,7H2,1H3,(H2,14,18). The van der Waals surface area contributed by atoms with Gasteiger partial charge >= 0.3 is 0 Å². The van der Waals surface area contributed by atoms with Crippen LogP contribution in [0, 0.1) is 0 Å². The van der Waals surface area contributed by atoms with Gasteiger partial charge in [0.2, 0.25) is 0 Å². The van der Waals surface area contributed by atoms with Gasteiger partial charge in [-0.3, -0.25) is 0 Å². The third-order valence-electron chi connectivity index (χ3n) is 3.21. The van der Waals surface area contributed by atoms with E-state index in [2.05, 4.69) is 20.8 Å². The Bertz CT molecular complexity index is 616. The maximum absolute atomic E-state index is 11.6. The van der Waals surface area contributed by atoms with Gasteiger partial charge in [0.05, 0.1) is 17.2 Å². The maximum atomic E-state index is 11.6. The number of rotatable bonds is 2. The number of thiocarbonyl (C=S) groups is 1.